The van der Waals surface area contributed by atoms with E-state index in [1.807, 2.05) is 24.1 Å². The second-order valence-electron chi connectivity index (χ2n) is 4.23. The minimum Gasteiger partial charge on any atom is -0.369 e. The van der Waals surface area contributed by atoms with Gasteiger partial charge < -0.3 is 16.0 Å². The van der Waals surface area contributed by atoms with E-state index in [2.05, 4.69) is 41.7 Å². The molecule has 1 atom stereocenters. The van der Waals surface area contributed by atoms with Crippen molar-refractivity contribution in [3.05, 3.63) is 36.2 Å². The quantitative estimate of drug-likeness (QED) is 0.821. The molecule has 1 aromatic rings. The van der Waals surface area contributed by atoms with Crippen molar-refractivity contribution in [1.82, 2.24) is 4.90 Å². The highest BCUT2D eigenvalue weighted by atomic mass is 32.2. The molecule has 0 radical (unpaired) electrons. The minimum atomic E-state index is 0.246. The van der Waals surface area contributed by atoms with Crippen molar-refractivity contribution in [3.8, 4) is 0 Å². The van der Waals surface area contributed by atoms with E-state index in [-0.39, 0.29) is 6.04 Å². The van der Waals surface area contributed by atoms with E-state index in [1.165, 1.54) is 4.90 Å². The van der Waals surface area contributed by atoms with Gasteiger partial charge in [-0.15, -0.1) is 11.8 Å². The normalized spacial score (nSPS) is 19.3. The molecule has 1 aliphatic rings. The summed E-state index contributed by atoms with van der Waals surface area (Å²) < 4.78 is 0. The maximum atomic E-state index is 5.85. The predicted octanol–water partition coefficient (Wildman–Crippen LogP) is 2.31. The summed E-state index contributed by atoms with van der Waals surface area (Å²) in [4.78, 5) is 7.49. The molecule has 3 N–H and O–H groups in total. The van der Waals surface area contributed by atoms with Crippen LogP contribution in [0.3, 0.4) is 0 Å². The van der Waals surface area contributed by atoms with Crippen LogP contribution >= 0.6 is 11.8 Å². The van der Waals surface area contributed by atoms with Crippen LogP contribution in [-0.2, 0) is 0 Å². The fraction of sp³-hybridized carbons (Fsp3) is 0.308. The number of nitrogens with one attached hydrogen (secondary N) is 1. The molecule has 1 aromatic carbocycles. The summed E-state index contributed by atoms with van der Waals surface area (Å²) in [6.45, 7) is 2.08. The van der Waals surface area contributed by atoms with Gasteiger partial charge in [0.15, 0.2) is 5.96 Å². The molecule has 1 heterocycles. The lowest BCUT2D eigenvalue weighted by Crippen LogP contribution is -2.42. The van der Waals surface area contributed by atoms with Gasteiger partial charge in [-0.05, 0) is 43.5 Å². The van der Waals surface area contributed by atoms with Gasteiger partial charge >= 0.3 is 0 Å². The lowest BCUT2D eigenvalue weighted by molar-refractivity contribution is 0.437. The van der Waals surface area contributed by atoms with E-state index in [0.717, 1.165) is 11.5 Å². The fourth-order valence-corrected chi connectivity index (χ4v) is 2.09. The van der Waals surface area contributed by atoms with Crippen molar-refractivity contribution >= 4 is 23.4 Å². The summed E-state index contributed by atoms with van der Waals surface area (Å²) in [6.07, 6.45) is 4.12. The maximum Gasteiger partial charge on any atom is 0.198 e. The van der Waals surface area contributed by atoms with Crippen LogP contribution in [0.25, 0.3) is 0 Å². The van der Waals surface area contributed by atoms with Gasteiger partial charge in [0.2, 0.25) is 0 Å². The van der Waals surface area contributed by atoms with Crippen LogP contribution in [-0.4, -0.2) is 30.2 Å². The monoisotopic (exact) mass is 262 g/mol. The summed E-state index contributed by atoms with van der Waals surface area (Å²) in [5, 5.41) is 3.27. The Morgan fingerprint density at radius 3 is 2.56 bits per heavy atom. The standard InChI is InChI=1S/C13H18N4S/c1-9-8-12(16-13(14)17(9)2)15-10-4-6-11(18-3)7-5-10/h4-9,15H,1-3H3,(H2,14,16). The number of thioether (sulfide) groups is 1. The van der Waals surface area contributed by atoms with Crippen molar-refractivity contribution in [3.63, 3.8) is 0 Å². The largest absolute Gasteiger partial charge is 0.369 e. The summed E-state index contributed by atoms with van der Waals surface area (Å²) in [5.41, 5.74) is 6.87. The first-order valence-electron chi connectivity index (χ1n) is 5.80. The van der Waals surface area contributed by atoms with Gasteiger partial charge in [-0.3, -0.25) is 0 Å². The Bertz CT molecular complexity index is 478. The van der Waals surface area contributed by atoms with E-state index < -0.39 is 0 Å². The van der Waals surface area contributed by atoms with Crippen LogP contribution in [0, 0.1) is 0 Å². The van der Waals surface area contributed by atoms with Crippen LogP contribution in [0.5, 0.6) is 0 Å². The Labute approximate surface area is 112 Å². The number of anilines is 1. The molecular weight excluding hydrogens is 244 g/mol. The highest BCUT2D eigenvalue weighted by Gasteiger charge is 2.15. The van der Waals surface area contributed by atoms with E-state index in [0.29, 0.717) is 5.96 Å². The Kier molecular flexibility index (Phi) is 3.81. The molecule has 0 spiro atoms. The van der Waals surface area contributed by atoms with Crippen molar-refractivity contribution in [2.45, 2.75) is 17.9 Å². The second-order valence-corrected chi connectivity index (χ2v) is 5.11. The molecule has 0 aliphatic carbocycles. The number of hydrogen-bond donors (Lipinski definition) is 2. The molecule has 0 fully saturated rings. The Balaban J connectivity index is 2.12. The second kappa shape index (κ2) is 5.35. The van der Waals surface area contributed by atoms with Gasteiger partial charge in [0.25, 0.3) is 0 Å². The smallest absolute Gasteiger partial charge is 0.198 e. The van der Waals surface area contributed by atoms with Crippen LogP contribution in [0.15, 0.2) is 46.1 Å². The van der Waals surface area contributed by atoms with Gasteiger partial charge in [-0.2, -0.15) is 4.99 Å². The zero-order valence-corrected chi connectivity index (χ0v) is 11.7. The molecule has 0 saturated carbocycles. The highest BCUT2D eigenvalue weighted by molar-refractivity contribution is 7.98. The zero-order chi connectivity index (χ0) is 13.1. The number of likely N-dealkylation sites (N-methyl/N-ethyl adjacent to an activating group) is 1. The molecular formula is C13H18N4S. The highest BCUT2D eigenvalue weighted by Crippen LogP contribution is 2.20. The SMILES string of the molecule is CSc1ccc(NC2=CC(C)N(C)C(N)=N2)cc1. The number of rotatable bonds is 3. The molecule has 0 bridgehead atoms. The summed E-state index contributed by atoms with van der Waals surface area (Å²) in [6, 6.07) is 8.50. The first-order valence-corrected chi connectivity index (χ1v) is 7.02. The molecule has 96 valence electrons. The first-order chi connectivity index (χ1) is 8.60. The summed E-state index contributed by atoms with van der Waals surface area (Å²) in [5.74, 6) is 1.34. The molecule has 2 rings (SSSR count). The first kappa shape index (κ1) is 12.8. The number of aliphatic imine (C=N–C) groups is 1. The van der Waals surface area contributed by atoms with E-state index in [9.17, 15) is 0 Å². The average Bonchev–Trinajstić information content (AvgIpc) is 2.37. The molecule has 0 saturated heterocycles. The van der Waals surface area contributed by atoms with Crippen molar-refractivity contribution in [2.24, 2.45) is 10.7 Å². The zero-order valence-electron chi connectivity index (χ0n) is 10.8. The third-order valence-electron chi connectivity index (χ3n) is 2.97. The molecule has 1 aliphatic heterocycles. The Morgan fingerprint density at radius 2 is 2.00 bits per heavy atom. The van der Waals surface area contributed by atoms with Gasteiger partial charge in [-0.1, -0.05) is 0 Å². The topological polar surface area (TPSA) is 53.6 Å². The summed E-state index contributed by atoms with van der Waals surface area (Å²) >= 11 is 1.73. The number of hydrogen-bond acceptors (Lipinski definition) is 5. The Morgan fingerprint density at radius 1 is 1.33 bits per heavy atom. The molecule has 1 unspecified atom stereocenters. The van der Waals surface area contributed by atoms with Crippen LogP contribution in [0.1, 0.15) is 6.92 Å². The number of nitrogens with zero attached hydrogens (tertiary/aromatic N) is 2. The fourth-order valence-electron chi connectivity index (χ4n) is 1.68. The lowest BCUT2D eigenvalue weighted by Gasteiger charge is -2.27. The van der Waals surface area contributed by atoms with Crippen molar-refractivity contribution in [2.75, 3.05) is 18.6 Å². The molecule has 0 amide bonds. The maximum absolute atomic E-state index is 5.85. The van der Waals surface area contributed by atoms with Gasteiger partial charge in [0.1, 0.15) is 5.82 Å². The van der Waals surface area contributed by atoms with Crippen LogP contribution < -0.4 is 11.1 Å². The number of nitrogens with two attached hydrogens (primary N) is 1. The third kappa shape index (κ3) is 2.79. The minimum absolute atomic E-state index is 0.246. The van der Waals surface area contributed by atoms with Crippen molar-refractivity contribution in [1.29, 1.82) is 0 Å². The lowest BCUT2D eigenvalue weighted by atomic mass is 10.2. The van der Waals surface area contributed by atoms with Crippen molar-refractivity contribution < 1.29 is 0 Å². The van der Waals surface area contributed by atoms with Crippen LogP contribution in [0.2, 0.25) is 0 Å². The van der Waals surface area contributed by atoms with Gasteiger partial charge in [0.05, 0.1) is 6.04 Å². The molecule has 0 aromatic heterocycles. The number of benzene rings is 1. The Hall–Kier alpha value is -1.62. The van der Waals surface area contributed by atoms with Gasteiger partial charge in [-0.25, -0.2) is 0 Å². The molecule has 5 heteroatoms. The van der Waals surface area contributed by atoms with E-state index in [1.54, 1.807) is 11.8 Å². The van der Waals surface area contributed by atoms with E-state index in [4.69, 9.17) is 5.73 Å². The number of guanidine groups is 1. The molecule has 18 heavy (non-hydrogen) atoms. The molecule has 4 nitrogen and oxygen atoms in total. The van der Waals surface area contributed by atoms with Gasteiger partial charge in [0, 0.05) is 17.6 Å². The average molecular weight is 262 g/mol. The predicted molar refractivity (Wildman–Crippen MR) is 78.8 cm³/mol. The summed E-state index contributed by atoms with van der Waals surface area (Å²) in [7, 11) is 1.93. The third-order valence-corrected chi connectivity index (χ3v) is 3.71. The van der Waals surface area contributed by atoms with E-state index >= 15 is 0 Å². The van der Waals surface area contributed by atoms with Crippen LogP contribution in [0.4, 0.5) is 5.69 Å².